The summed E-state index contributed by atoms with van der Waals surface area (Å²) in [5.74, 6) is -15.4. The zero-order valence-corrected chi connectivity index (χ0v) is 22.1. The van der Waals surface area contributed by atoms with Crippen LogP contribution in [0.3, 0.4) is 0 Å². The second-order valence-electron chi connectivity index (χ2n) is 9.64. The first-order valence-corrected chi connectivity index (χ1v) is 14.3. The van der Waals surface area contributed by atoms with Crippen LogP contribution in [0.25, 0.3) is 0 Å². The number of hydrogen-bond acceptors (Lipinski definition) is 6. The van der Waals surface area contributed by atoms with Gasteiger partial charge in [0.1, 0.15) is 24.3 Å². The van der Waals surface area contributed by atoms with Crippen molar-refractivity contribution < 1.29 is 50.1 Å². The van der Waals surface area contributed by atoms with Crippen molar-refractivity contribution in [3.63, 3.8) is 0 Å². The molecule has 0 aromatic heterocycles. The van der Waals surface area contributed by atoms with Gasteiger partial charge >= 0.3 is 19.6 Å². The average molecular weight is 570 g/mol. The minimum atomic E-state index is -4.91. The van der Waals surface area contributed by atoms with Gasteiger partial charge in [0.15, 0.2) is 0 Å². The predicted molar refractivity (Wildman–Crippen MR) is 126 cm³/mol. The number of benzene rings is 1. The van der Waals surface area contributed by atoms with Crippen molar-refractivity contribution >= 4 is 19.6 Å². The molecular weight excluding hydrogens is 538 g/mol. The number of ether oxygens (including phenoxy) is 2. The highest BCUT2D eigenvalue weighted by Crippen LogP contribution is 2.44. The van der Waals surface area contributed by atoms with Gasteiger partial charge in [0.05, 0.1) is 0 Å². The molecule has 0 heterocycles. The summed E-state index contributed by atoms with van der Waals surface area (Å²) < 4.78 is 99.0. The largest absolute Gasteiger partial charge is 0.461 e. The molecule has 0 bridgehead atoms. The first-order chi connectivity index (χ1) is 17.9. The van der Waals surface area contributed by atoms with Gasteiger partial charge in [0.25, 0.3) is 0 Å². The molecule has 0 radical (unpaired) electrons. The molecule has 38 heavy (non-hydrogen) atoms. The Morgan fingerprint density at radius 1 is 0.684 bits per heavy atom. The SMILES string of the molecule is C[C@H](NP(=O)(N[C@@H](C)C(=O)OC1CCCCC1)Oc1c(F)c(F)c(F)c(F)c1F)C(=O)OC1CCCCC1. The lowest BCUT2D eigenvalue weighted by atomic mass is 9.98. The Kier molecular flexibility index (Phi) is 10.5. The molecule has 2 N–H and O–H groups in total. The molecule has 8 nitrogen and oxygen atoms in total. The van der Waals surface area contributed by atoms with Crippen molar-refractivity contribution in [3.05, 3.63) is 29.1 Å². The molecular formula is C24H32F5N2O6P. The van der Waals surface area contributed by atoms with E-state index in [0.717, 1.165) is 38.5 Å². The second-order valence-corrected chi connectivity index (χ2v) is 11.4. The van der Waals surface area contributed by atoms with Gasteiger partial charge in [-0.05, 0) is 65.2 Å². The van der Waals surface area contributed by atoms with Gasteiger partial charge in [-0.1, -0.05) is 12.8 Å². The Labute approximate surface area is 217 Å². The fourth-order valence-electron chi connectivity index (χ4n) is 4.40. The lowest BCUT2D eigenvalue weighted by Crippen LogP contribution is -2.44. The molecule has 2 saturated carbocycles. The van der Waals surface area contributed by atoms with E-state index in [1.807, 2.05) is 0 Å². The van der Waals surface area contributed by atoms with Gasteiger partial charge in [0, 0.05) is 0 Å². The van der Waals surface area contributed by atoms with Crippen molar-refractivity contribution in [1.82, 2.24) is 10.2 Å². The molecule has 0 amide bonds. The molecule has 2 fully saturated rings. The zero-order valence-electron chi connectivity index (χ0n) is 21.2. The lowest BCUT2D eigenvalue weighted by molar-refractivity contribution is -0.152. The molecule has 0 aliphatic heterocycles. The predicted octanol–water partition coefficient (Wildman–Crippen LogP) is 5.58. The monoisotopic (exact) mass is 570 g/mol. The fraction of sp³-hybridized carbons (Fsp3) is 0.667. The van der Waals surface area contributed by atoms with Crippen LogP contribution in [0.4, 0.5) is 22.0 Å². The summed E-state index contributed by atoms with van der Waals surface area (Å²) in [6.07, 6.45) is 7.12. The third kappa shape index (κ3) is 7.66. The van der Waals surface area contributed by atoms with Gasteiger partial charge in [0.2, 0.25) is 34.8 Å². The summed E-state index contributed by atoms with van der Waals surface area (Å²) >= 11 is 0. The number of esters is 2. The van der Waals surface area contributed by atoms with Gasteiger partial charge in [-0.3, -0.25) is 9.59 Å². The highest BCUT2D eigenvalue weighted by molar-refractivity contribution is 7.55. The molecule has 1 aromatic rings. The van der Waals surface area contributed by atoms with Crippen molar-refractivity contribution in [2.75, 3.05) is 0 Å². The Morgan fingerprint density at radius 2 is 1.03 bits per heavy atom. The fourth-order valence-corrected chi connectivity index (χ4v) is 6.23. The highest BCUT2D eigenvalue weighted by Gasteiger charge is 2.39. The third-order valence-corrected chi connectivity index (χ3v) is 8.39. The number of carbonyl (C=O) groups excluding carboxylic acids is 2. The lowest BCUT2D eigenvalue weighted by Gasteiger charge is -2.29. The van der Waals surface area contributed by atoms with Gasteiger partial charge in [-0.15, -0.1) is 0 Å². The summed E-state index contributed by atoms with van der Waals surface area (Å²) in [7, 11) is -4.91. The summed E-state index contributed by atoms with van der Waals surface area (Å²) in [5.41, 5.74) is 0. The number of halogens is 5. The van der Waals surface area contributed by atoms with Gasteiger partial charge < -0.3 is 14.0 Å². The van der Waals surface area contributed by atoms with E-state index < -0.39 is 66.5 Å². The smallest absolute Gasteiger partial charge is 0.392 e. The van der Waals surface area contributed by atoms with Crippen LogP contribution < -0.4 is 14.7 Å². The second kappa shape index (κ2) is 13.2. The molecule has 1 aromatic carbocycles. The Bertz CT molecular complexity index is 992. The first-order valence-electron chi connectivity index (χ1n) is 12.7. The number of hydrogen-bond donors (Lipinski definition) is 2. The molecule has 0 spiro atoms. The number of nitrogens with one attached hydrogen (secondary N) is 2. The van der Waals surface area contributed by atoms with Crippen LogP contribution >= 0.6 is 7.67 Å². The molecule has 214 valence electrons. The average Bonchev–Trinajstić information content (AvgIpc) is 2.90. The van der Waals surface area contributed by atoms with E-state index in [1.165, 1.54) is 13.8 Å². The van der Waals surface area contributed by atoms with Crippen LogP contribution in [0.5, 0.6) is 5.75 Å². The molecule has 14 heteroatoms. The maximum atomic E-state index is 14.3. The van der Waals surface area contributed by atoms with E-state index in [9.17, 15) is 36.1 Å². The molecule has 2 aliphatic carbocycles. The van der Waals surface area contributed by atoms with E-state index in [2.05, 4.69) is 10.2 Å². The van der Waals surface area contributed by atoms with Crippen LogP contribution in [0, 0.1) is 29.1 Å². The molecule has 2 atom stereocenters. The van der Waals surface area contributed by atoms with Crippen molar-refractivity contribution in [3.8, 4) is 5.75 Å². The highest BCUT2D eigenvalue weighted by atomic mass is 31.2. The third-order valence-electron chi connectivity index (χ3n) is 6.49. The van der Waals surface area contributed by atoms with Crippen LogP contribution in [-0.4, -0.2) is 36.2 Å². The topological polar surface area (TPSA) is 103 Å². The summed E-state index contributed by atoms with van der Waals surface area (Å²) in [4.78, 5) is 25.2. The van der Waals surface area contributed by atoms with E-state index in [1.54, 1.807) is 0 Å². The zero-order chi connectivity index (χ0) is 28.0. The first kappa shape index (κ1) is 30.3. The Hall–Kier alpha value is -2.24. The Balaban J connectivity index is 1.82. The van der Waals surface area contributed by atoms with Crippen LogP contribution in [0.2, 0.25) is 0 Å². The van der Waals surface area contributed by atoms with Gasteiger partial charge in [-0.25, -0.2) is 27.9 Å². The summed E-state index contributed by atoms with van der Waals surface area (Å²) in [6, 6.07) is -2.84. The van der Waals surface area contributed by atoms with Crippen molar-refractivity contribution in [2.24, 2.45) is 0 Å². The minimum absolute atomic E-state index is 0.381. The van der Waals surface area contributed by atoms with Crippen molar-refractivity contribution in [1.29, 1.82) is 0 Å². The maximum Gasteiger partial charge on any atom is 0.392 e. The number of carbonyl (C=O) groups is 2. The number of rotatable bonds is 10. The van der Waals surface area contributed by atoms with E-state index >= 15 is 0 Å². The molecule has 0 unspecified atom stereocenters. The Morgan fingerprint density at radius 3 is 1.39 bits per heavy atom. The van der Waals surface area contributed by atoms with E-state index in [4.69, 9.17) is 14.0 Å². The quantitative estimate of drug-likeness (QED) is 0.124. The minimum Gasteiger partial charge on any atom is -0.461 e. The van der Waals surface area contributed by atoms with Crippen LogP contribution in [0.15, 0.2) is 0 Å². The summed E-state index contributed by atoms with van der Waals surface area (Å²) in [6.45, 7) is 2.43. The molecule has 0 saturated heterocycles. The van der Waals surface area contributed by atoms with E-state index in [0.29, 0.717) is 25.7 Å². The maximum absolute atomic E-state index is 14.3. The standard InChI is InChI=1S/C24H32F5N2O6P/c1-13(23(32)35-15-9-5-3-6-10-15)30-38(34,31-14(2)24(33)36-16-11-7-4-8-12-16)37-22-20(28)18(26)17(25)19(27)21(22)29/h13-16H,3-12H2,1-2H3,(H2,30,31,34)/t13-,14-/m0/s1. The van der Waals surface area contributed by atoms with Crippen LogP contribution in [0.1, 0.15) is 78.1 Å². The van der Waals surface area contributed by atoms with Gasteiger partial charge in [-0.2, -0.15) is 8.78 Å². The molecule has 3 rings (SSSR count). The van der Waals surface area contributed by atoms with E-state index in [-0.39, 0.29) is 12.2 Å². The van der Waals surface area contributed by atoms with Crippen LogP contribution in [-0.2, 0) is 23.6 Å². The normalized spacial score (nSPS) is 19.0. The summed E-state index contributed by atoms with van der Waals surface area (Å²) in [5, 5.41) is 4.39. The molecule has 2 aliphatic rings. The van der Waals surface area contributed by atoms with Crippen molar-refractivity contribution in [2.45, 2.75) is 102 Å².